The summed E-state index contributed by atoms with van der Waals surface area (Å²) in [6, 6.07) is 54.3. The van der Waals surface area contributed by atoms with Gasteiger partial charge in [0.25, 0.3) is 11.8 Å². The van der Waals surface area contributed by atoms with Gasteiger partial charge in [-0.25, -0.2) is 4.90 Å². The maximum Gasteiger partial charge on any atom is 0.266 e. The number of nitrogens with zero attached hydrogens (tertiary/aromatic N) is 4. The van der Waals surface area contributed by atoms with Crippen LogP contribution in [0, 0.1) is 11.3 Å². The zero-order chi connectivity index (χ0) is 34.2. The SMILES string of the molecule is N#Cc1cccc(N2C(=O)c3ccccc3C2=O)c1-n1c2ccccc2c2cc3c4ccccc4n(-c4ccc(-c5ccccc5)cc4)c3cc21. The summed E-state index contributed by atoms with van der Waals surface area (Å²) in [5.74, 6) is -0.816. The number of anilines is 1. The molecule has 51 heavy (non-hydrogen) atoms. The van der Waals surface area contributed by atoms with Crippen LogP contribution in [0.3, 0.4) is 0 Å². The number of amides is 2. The molecule has 238 valence electrons. The molecule has 0 spiro atoms. The smallest absolute Gasteiger partial charge is 0.266 e. The van der Waals surface area contributed by atoms with Gasteiger partial charge in [-0.3, -0.25) is 9.59 Å². The third kappa shape index (κ3) is 4.09. The van der Waals surface area contributed by atoms with E-state index >= 15 is 0 Å². The van der Waals surface area contributed by atoms with Gasteiger partial charge in [0.15, 0.2) is 0 Å². The van der Waals surface area contributed by atoms with Crippen molar-refractivity contribution >= 4 is 61.1 Å². The Morgan fingerprint density at radius 2 is 1.00 bits per heavy atom. The van der Waals surface area contributed by atoms with Crippen molar-refractivity contribution in [2.24, 2.45) is 0 Å². The summed E-state index contributed by atoms with van der Waals surface area (Å²) in [5.41, 5.74) is 9.00. The lowest BCUT2D eigenvalue weighted by Gasteiger charge is -2.21. The molecule has 0 radical (unpaired) electrons. The minimum Gasteiger partial charge on any atom is -0.309 e. The standard InChI is InChI=1S/C45H26N4O2/c46-27-30-13-10-20-40(49-44(50)34-16-4-5-17-35(34)45(49)51)43(30)48-39-19-9-7-15-33(39)37-25-36-32-14-6-8-18-38(32)47(41(36)26-42(37)48)31-23-21-29(22-24-31)28-11-2-1-3-12-28/h1-26H. The molecule has 2 aromatic heterocycles. The Morgan fingerprint density at radius 3 is 1.65 bits per heavy atom. The van der Waals surface area contributed by atoms with Gasteiger partial charge in [0.2, 0.25) is 0 Å². The monoisotopic (exact) mass is 654 g/mol. The lowest BCUT2D eigenvalue weighted by molar-refractivity contribution is 0.0926. The first kappa shape index (κ1) is 28.8. The molecular weight excluding hydrogens is 629 g/mol. The minimum atomic E-state index is -0.408. The van der Waals surface area contributed by atoms with Crippen LogP contribution in [0.15, 0.2) is 158 Å². The maximum atomic E-state index is 13.9. The average molecular weight is 655 g/mol. The van der Waals surface area contributed by atoms with Gasteiger partial charge < -0.3 is 9.13 Å². The van der Waals surface area contributed by atoms with Gasteiger partial charge >= 0.3 is 0 Å². The van der Waals surface area contributed by atoms with E-state index in [4.69, 9.17) is 0 Å². The largest absolute Gasteiger partial charge is 0.309 e. The van der Waals surface area contributed by atoms with Crippen molar-refractivity contribution in [3.63, 3.8) is 0 Å². The molecule has 0 bridgehead atoms. The van der Waals surface area contributed by atoms with Crippen LogP contribution < -0.4 is 4.90 Å². The number of aromatic nitrogens is 2. The van der Waals surface area contributed by atoms with Crippen LogP contribution in [0.5, 0.6) is 0 Å². The summed E-state index contributed by atoms with van der Waals surface area (Å²) >= 11 is 0. The summed E-state index contributed by atoms with van der Waals surface area (Å²) in [4.78, 5) is 28.9. The van der Waals surface area contributed by atoms with Gasteiger partial charge in [-0.05, 0) is 71.8 Å². The number of benzene rings is 7. The summed E-state index contributed by atoms with van der Waals surface area (Å²) in [7, 11) is 0. The Labute approximate surface area is 292 Å². The highest BCUT2D eigenvalue weighted by atomic mass is 16.2. The molecular formula is C45H26N4O2. The van der Waals surface area contributed by atoms with Crippen LogP contribution in [-0.4, -0.2) is 20.9 Å². The van der Waals surface area contributed by atoms with Gasteiger partial charge in [0, 0.05) is 27.2 Å². The number of hydrogen-bond acceptors (Lipinski definition) is 3. The van der Waals surface area contributed by atoms with Gasteiger partial charge in [0.05, 0.1) is 50.1 Å². The van der Waals surface area contributed by atoms with Gasteiger partial charge in [0.1, 0.15) is 6.07 Å². The summed E-state index contributed by atoms with van der Waals surface area (Å²) in [5, 5.41) is 14.8. The van der Waals surface area contributed by atoms with E-state index in [1.165, 1.54) is 4.90 Å². The second-order valence-corrected chi connectivity index (χ2v) is 12.8. The summed E-state index contributed by atoms with van der Waals surface area (Å²) in [6.45, 7) is 0. The minimum absolute atomic E-state index is 0.350. The number of rotatable bonds is 4. The lowest BCUT2D eigenvalue weighted by Crippen LogP contribution is -2.30. The van der Waals surface area contributed by atoms with E-state index in [0.29, 0.717) is 28.1 Å². The van der Waals surface area contributed by atoms with Crippen molar-refractivity contribution in [3.05, 3.63) is 174 Å². The van der Waals surface area contributed by atoms with Crippen LogP contribution in [0.1, 0.15) is 26.3 Å². The zero-order valence-electron chi connectivity index (χ0n) is 27.1. The van der Waals surface area contributed by atoms with Crippen molar-refractivity contribution in [2.75, 3.05) is 4.90 Å². The zero-order valence-corrected chi connectivity index (χ0v) is 27.1. The molecule has 0 unspecified atom stereocenters. The lowest BCUT2D eigenvalue weighted by atomic mass is 10.1. The molecule has 0 atom stereocenters. The molecule has 9 aromatic rings. The number of fused-ring (bicyclic) bond motifs is 7. The third-order valence-electron chi connectivity index (χ3n) is 10.1. The second-order valence-electron chi connectivity index (χ2n) is 12.8. The van der Waals surface area contributed by atoms with Crippen molar-refractivity contribution in [1.29, 1.82) is 5.26 Å². The number of para-hydroxylation sites is 3. The fraction of sp³-hybridized carbons (Fsp3) is 0. The Balaban J connectivity index is 1.27. The van der Waals surface area contributed by atoms with Crippen LogP contribution in [-0.2, 0) is 0 Å². The van der Waals surface area contributed by atoms with Crippen molar-refractivity contribution in [3.8, 4) is 28.6 Å². The van der Waals surface area contributed by atoms with E-state index in [1.807, 2.05) is 41.0 Å². The fourth-order valence-electron chi connectivity index (χ4n) is 7.83. The molecule has 6 nitrogen and oxygen atoms in total. The number of hydrogen-bond donors (Lipinski definition) is 0. The molecule has 6 heteroatoms. The molecule has 10 rings (SSSR count). The average Bonchev–Trinajstić information content (AvgIpc) is 3.78. The molecule has 7 aromatic carbocycles. The molecule has 3 heterocycles. The van der Waals surface area contributed by atoms with Crippen LogP contribution >= 0.6 is 0 Å². The predicted molar refractivity (Wildman–Crippen MR) is 203 cm³/mol. The first-order valence-corrected chi connectivity index (χ1v) is 16.8. The predicted octanol–water partition coefficient (Wildman–Crippen LogP) is 10.2. The van der Waals surface area contributed by atoms with Crippen LogP contribution in [0.25, 0.3) is 66.1 Å². The quantitative estimate of drug-likeness (QED) is 0.177. The topological polar surface area (TPSA) is 71.0 Å². The normalized spacial score (nSPS) is 12.7. The molecule has 1 aliphatic heterocycles. The van der Waals surface area contributed by atoms with Crippen molar-refractivity contribution in [1.82, 2.24) is 9.13 Å². The fourth-order valence-corrected chi connectivity index (χ4v) is 7.83. The van der Waals surface area contributed by atoms with E-state index in [9.17, 15) is 14.9 Å². The van der Waals surface area contributed by atoms with Gasteiger partial charge in [-0.15, -0.1) is 0 Å². The highest BCUT2D eigenvalue weighted by Crippen LogP contribution is 2.43. The molecule has 0 N–H and O–H groups in total. The summed E-state index contributed by atoms with van der Waals surface area (Å²) < 4.78 is 4.32. The number of nitriles is 1. The molecule has 0 saturated heterocycles. The number of carbonyl (C=O) groups is 2. The molecule has 0 fully saturated rings. The van der Waals surface area contributed by atoms with Crippen molar-refractivity contribution < 1.29 is 9.59 Å². The number of carbonyl (C=O) groups excluding carboxylic acids is 2. The first-order valence-electron chi connectivity index (χ1n) is 16.8. The molecule has 2 amide bonds. The van der Waals surface area contributed by atoms with E-state index in [1.54, 1.807) is 42.5 Å². The third-order valence-corrected chi connectivity index (χ3v) is 10.1. The molecule has 1 aliphatic rings. The van der Waals surface area contributed by atoms with Crippen molar-refractivity contribution in [2.45, 2.75) is 0 Å². The summed E-state index contributed by atoms with van der Waals surface area (Å²) in [6.07, 6.45) is 0. The Bertz CT molecular complexity index is 2930. The molecule has 0 saturated carbocycles. The maximum absolute atomic E-state index is 13.9. The van der Waals surface area contributed by atoms with Gasteiger partial charge in [-0.1, -0.05) is 97.1 Å². The Hall–Kier alpha value is -7.23. The Kier molecular flexibility index (Phi) is 6.14. The second kappa shape index (κ2) is 10.9. The molecule has 0 aliphatic carbocycles. The Morgan fingerprint density at radius 1 is 0.451 bits per heavy atom. The van der Waals surface area contributed by atoms with Crippen LogP contribution in [0.2, 0.25) is 0 Å². The van der Waals surface area contributed by atoms with Gasteiger partial charge in [-0.2, -0.15) is 5.26 Å². The first-order chi connectivity index (χ1) is 25.1. The van der Waals surface area contributed by atoms with E-state index in [-0.39, 0.29) is 0 Å². The highest BCUT2D eigenvalue weighted by molar-refractivity contribution is 6.35. The van der Waals surface area contributed by atoms with E-state index in [2.05, 4.69) is 89.5 Å². The van der Waals surface area contributed by atoms with E-state index in [0.717, 1.165) is 60.4 Å². The number of imide groups is 1. The van der Waals surface area contributed by atoms with Crippen LogP contribution in [0.4, 0.5) is 5.69 Å². The highest BCUT2D eigenvalue weighted by Gasteiger charge is 2.38. The van der Waals surface area contributed by atoms with E-state index < -0.39 is 11.8 Å².